The van der Waals surface area contributed by atoms with E-state index in [1.54, 1.807) is 24.3 Å². The molecular weight excluding hydrogens is 304 g/mol. The number of nitrogens with zero attached hydrogens (tertiary/aromatic N) is 1. The first-order valence-corrected chi connectivity index (χ1v) is 8.53. The first-order valence-electron chi connectivity index (χ1n) is 8.53. The summed E-state index contributed by atoms with van der Waals surface area (Å²) in [6.45, 7) is 11.4. The molecule has 5 nitrogen and oxygen atoms in total. The topological polar surface area (TPSA) is 58.6 Å². The van der Waals surface area contributed by atoms with Crippen LogP contribution in [0, 0.1) is 11.8 Å². The van der Waals surface area contributed by atoms with E-state index in [9.17, 15) is 9.59 Å². The quantitative estimate of drug-likeness (QED) is 0.885. The van der Waals surface area contributed by atoms with E-state index in [1.165, 1.54) is 0 Å². The monoisotopic (exact) mass is 332 g/mol. The van der Waals surface area contributed by atoms with Crippen molar-refractivity contribution in [2.24, 2.45) is 11.8 Å². The molecule has 5 heteroatoms. The Kier molecular flexibility index (Phi) is 5.52. The van der Waals surface area contributed by atoms with Gasteiger partial charge in [-0.1, -0.05) is 19.9 Å². The first-order chi connectivity index (χ1) is 11.1. The zero-order valence-electron chi connectivity index (χ0n) is 15.3. The molecule has 0 radical (unpaired) electrons. The van der Waals surface area contributed by atoms with Gasteiger partial charge in [-0.25, -0.2) is 4.79 Å². The number of amides is 2. The summed E-state index contributed by atoms with van der Waals surface area (Å²) in [4.78, 5) is 26.5. The van der Waals surface area contributed by atoms with Crippen LogP contribution in [0.2, 0.25) is 0 Å². The standard InChI is InChI=1S/C19H28N2O3/c1-13-9-14(2)12-21(11-13)17(22)15-7-6-8-16(10-15)20-18(23)24-19(3,4)5/h6-8,10,13-14H,9,11-12H2,1-5H3,(H,20,23)/t13-,14+. The van der Waals surface area contributed by atoms with Crippen LogP contribution in [0.3, 0.4) is 0 Å². The Hall–Kier alpha value is -2.04. The summed E-state index contributed by atoms with van der Waals surface area (Å²) in [6.07, 6.45) is 0.636. The minimum Gasteiger partial charge on any atom is -0.444 e. The van der Waals surface area contributed by atoms with Gasteiger partial charge >= 0.3 is 6.09 Å². The molecule has 2 atom stereocenters. The fraction of sp³-hybridized carbons (Fsp3) is 0.579. The lowest BCUT2D eigenvalue weighted by Crippen LogP contribution is -2.42. The van der Waals surface area contributed by atoms with Gasteiger partial charge in [0, 0.05) is 24.3 Å². The molecule has 2 rings (SSSR count). The van der Waals surface area contributed by atoms with Gasteiger partial charge in [0.15, 0.2) is 0 Å². The van der Waals surface area contributed by atoms with Gasteiger partial charge in [-0.3, -0.25) is 10.1 Å². The van der Waals surface area contributed by atoms with Gasteiger partial charge in [0.25, 0.3) is 5.91 Å². The van der Waals surface area contributed by atoms with Gasteiger partial charge in [0.2, 0.25) is 0 Å². The summed E-state index contributed by atoms with van der Waals surface area (Å²) in [6, 6.07) is 7.02. The fourth-order valence-electron chi connectivity index (χ4n) is 3.16. The van der Waals surface area contributed by atoms with E-state index < -0.39 is 11.7 Å². The molecule has 2 amide bonds. The number of anilines is 1. The van der Waals surface area contributed by atoms with Gasteiger partial charge in [0.05, 0.1) is 0 Å². The van der Waals surface area contributed by atoms with Crippen molar-refractivity contribution in [2.75, 3.05) is 18.4 Å². The Morgan fingerprint density at radius 1 is 1.17 bits per heavy atom. The molecule has 1 aromatic rings. The molecule has 24 heavy (non-hydrogen) atoms. The summed E-state index contributed by atoms with van der Waals surface area (Å²) >= 11 is 0. The molecule has 132 valence electrons. The van der Waals surface area contributed by atoms with Gasteiger partial charge in [0.1, 0.15) is 5.60 Å². The molecule has 1 aliphatic rings. The minimum absolute atomic E-state index is 0.0150. The zero-order chi connectivity index (χ0) is 17.9. The molecular formula is C19H28N2O3. The van der Waals surface area contributed by atoms with E-state index in [2.05, 4.69) is 19.2 Å². The Morgan fingerprint density at radius 3 is 2.38 bits per heavy atom. The van der Waals surface area contributed by atoms with Crippen LogP contribution in [-0.2, 0) is 4.74 Å². The Bertz CT molecular complexity index is 597. The first kappa shape index (κ1) is 18.3. The highest BCUT2D eigenvalue weighted by Gasteiger charge is 2.26. The van der Waals surface area contributed by atoms with Crippen molar-refractivity contribution in [1.82, 2.24) is 4.90 Å². The molecule has 1 heterocycles. The minimum atomic E-state index is -0.558. The van der Waals surface area contributed by atoms with E-state index in [-0.39, 0.29) is 5.91 Å². The maximum atomic E-state index is 12.7. The number of nitrogens with one attached hydrogen (secondary N) is 1. The van der Waals surface area contributed by atoms with Gasteiger partial charge in [-0.05, 0) is 57.2 Å². The lowest BCUT2D eigenvalue weighted by molar-refractivity contribution is 0.0617. The average molecular weight is 332 g/mol. The van der Waals surface area contributed by atoms with Crippen LogP contribution in [0.4, 0.5) is 10.5 Å². The number of rotatable bonds is 2. The molecule has 1 fully saturated rings. The van der Waals surface area contributed by atoms with Crippen molar-refractivity contribution < 1.29 is 14.3 Å². The number of hydrogen-bond donors (Lipinski definition) is 1. The molecule has 0 aromatic heterocycles. The largest absolute Gasteiger partial charge is 0.444 e. The Morgan fingerprint density at radius 2 is 1.79 bits per heavy atom. The number of piperidine rings is 1. The second-order valence-corrected chi connectivity index (χ2v) is 7.86. The SMILES string of the molecule is C[C@@H]1C[C@H](C)CN(C(=O)c2cccc(NC(=O)OC(C)(C)C)c2)C1. The van der Waals surface area contributed by atoms with Gasteiger partial charge in [-0.15, -0.1) is 0 Å². The highest BCUT2D eigenvalue weighted by molar-refractivity contribution is 5.96. The van der Waals surface area contributed by atoms with Gasteiger partial charge < -0.3 is 9.64 Å². The van der Waals surface area contributed by atoms with E-state index in [0.717, 1.165) is 19.5 Å². The number of ether oxygens (including phenoxy) is 1. The maximum absolute atomic E-state index is 12.7. The lowest BCUT2D eigenvalue weighted by Gasteiger charge is -2.35. The normalized spacial score (nSPS) is 21.3. The molecule has 0 aliphatic carbocycles. The van der Waals surface area contributed by atoms with Crippen molar-refractivity contribution in [3.8, 4) is 0 Å². The third-order valence-corrected chi connectivity index (χ3v) is 3.91. The zero-order valence-corrected chi connectivity index (χ0v) is 15.3. The second kappa shape index (κ2) is 7.24. The number of carbonyl (C=O) groups excluding carboxylic acids is 2. The smallest absolute Gasteiger partial charge is 0.412 e. The average Bonchev–Trinajstić information content (AvgIpc) is 2.43. The number of carbonyl (C=O) groups is 2. The molecule has 1 saturated heterocycles. The molecule has 0 unspecified atom stereocenters. The van der Waals surface area contributed by atoms with Crippen LogP contribution < -0.4 is 5.32 Å². The number of likely N-dealkylation sites (tertiary alicyclic amines) is 1. The lowest BCUT2D eigenvalue weighted by atomic mass is 9.91. The molecule has 1 aliphatic heterocycles. The third kappa shape index (κ3) is 5.25. The van der Waals surface area contributed by atoms with Crippen LogP contribution in [0.5, 0.6) is 0 Å². The predicted molar refractivity (Wildman–Crippen MR) is 95.1 cm³/mol. The van der Waals surface area contributed by atoms with E-state index in [4.69, 9.17) is 4.74 Å². The highest BCUT2D eigenvalue weighted by Crippen LogP contribution is 2.23. The summed E-state index contributed by atoms with van der Waals surface area (Å²) in [7, 11) is 0. The van der Waals surface area contributed by atoms with Crippen LogP contribution in [0.15, 0.2) is 24.3 Å². The van der Waals surface area contributed by atoms with E-state index in [1.807, 2.05) is 25.7 Å². The highest BCUT2D eigenvalue weighted by atomic mass is 16.6. The van der Waals surface area contributed by atoms with Crippen LogP contribution in [0.25, 0.3) is 0 Å². The second-order valence-electron chi connectivity index (χ2n) is 7.86. The number of benzene rings is 1. The molecule has 0 bridgehead atoms. The molecule has 1 N–H and O–H groups in total. The fourth-order valence-corrected chi connectivity index (χ4v) is 3.16. The van der Waals surface area contributed by atoms with Crippen molar-refractivity contribution in [3.05, 3.63) is 29.8 Å². The van der Waals surface area contributed by atoms with E-state index >= 15 is 0 Å². The van der Waals surface area contributed by atoms with Crippen molar-refractivity contribution >= 4 is 17.7 Å². The summed E-state index contributed by atoms with van der Waals surface area (Å²) < 4.78 is 5.24. The summed E-state index contributed by atoms with van der Waals surface area (Å²) in [5.74, 6) is 1.04. The molecule has 0 spiro atoms. The summed E-state index contributed by atoms with van der Waals surface area (Å²) in [5.41, 5.74) is 0.593. The molecule has 1 aromatic carbocycles. The van der Waals surface area contributed by atoms with Crippen LogP contribution in [0.1, 0.15) is 51.4 Å². The van der Waals surface area contributed by atoms with Gasteiger partial charge in [-0.2, -0.15) is 0 Å². The van der Waals surface area contributed by atoms with Crippen LogP contribution in [-0.4, -0.2) is 35.6 Å². The third-order valence-electron chi connectivity index (χ3n) is 3.91. The molecule has 0 saturated carbocycles. The van der Waals surface area contributed by atoms with Crippen LogP contribution >= 0.6 is 0 Å². The van der Waals surface area contributed by atoms with Crippen molar-refractivity contribution in [3.63, 3.8) is 0 Å². The van der Waals surface area contributed by atoms with Crippen molar-refractivity contribution in [1.29, 1.82) is 0 Å². The predicted octanol–water partition coefficient (Wildman–Crippen LogP) is 4.15. The maximum Gasteiger partial charge on any atom is 0.412 e. The Balaban J connectivity index is 2.06. The number of hydrogen-bond acceptors (Lipinski definition) is 3. The van der Waals surface area contributed by atoms with Crippen molar-refractivity contribution in [2.45, 2.75) is 46.6 Å². The Labute approximate surface area is 144 Å². The van der Waals surface area contributed by atoms with E-state index in [0.29, 0.717) is 23.1 Å². The summed E-state index contributed by atoms with van der Waals surface area (Å²) in [5, 5.41) is 2.68.